The lowest BCUT2D eigenvalue weighted by atomic mass is 9.84. The number of aryl methyl sites for hydroxylation is 1. The molecule has 7 nitrogen and oxygen atoms in total. The molecule has 182 valence electrons. The Labute approximate surface area is 213 Å². The summed E-state index contributed by atoms with van der Waals surface area (Å²) in [5.74, 6) is -1.05. The Morgan fingerprint density at radius 1 is 1.11 bits per heavy atom. The highest BCUT2D eigenvalue weighted by Crippen LogP contribution is 2.43. The minimum atomic E-state index is -0.789. The number of ether oxygens (including phenoxy) is 1. The van der Waals surface area contributed by atoms with Gasteiger partial charge in [-0.1, -0.05) is 60.3 Å². The van der Waals surface area contributed by atoms with Gasteiger partial charge in [0.15, 0.2) is 0 Å². The second-order valence-corrected chi connectivity index (χ2v) is 8.94. The van der Waals surface area contributed by atoms with E-state index >= 15 is 0 Å². The Bertz CT molecular complexity index is 1350. The Morgan fingerprint density at radius 3 is 2.53 bits per heavy atom. The molecule has 8 heteroatoms. The molecular weight excluding hydrogens is 474 g/mol. The highest BCUT2D eigenvalue weighted by Gasteiger charge is 2.38. The summed E-state index contributed by atoms with van der Waals surface area (Å²) in [6.07, 6.45) is 1.50. The number of para-hydroxylation sites is 1. The van der Waals surface area contributed by atoms with Gasteiger partial charge in [-0.25, -0.2) is 4.79 Å². The van der Waals surface area contributed by atoms with Gasteiger partial charge in [0.2, 0.25) is 5.91 Å². The maximum atomic E-state index is 13.2. The number of dihydropyridines is 1. The second kappa shape index (κ2) is 11.5. The van der Waals surface area contributed by atoms with Crippen LogP contribution in [0.4, 0.5) is 5.69 Å². The van der Waals surface area contributed by atoms with Crippen LogP contribution in [0.5, 0.6) is 0 Å². The second-order valence-electron chi connectivity index (χ2n) is 7.95. The van der Waals surface area contributed by atoms with E-state index in [1.807, 2.05) is 61.5 Å². The van der Waals surface area contributed by atoms with Crippen LogP contribution in [-0.4, -0.2) is 24.2 Å². The summed E-state index contributed by atoms with van der Waals surface area (Å²) in [5, 5.41) is 16.8. The third-order valence-electron chi connectivity index (χ3n) is 5.60. The van der Waals surface area contributed by atoms with Crippen molar-refractivity contribution in [1.29, 1.82) is 5.26 Å². The molecule has 0 aliphatic carbocycles. The van der Waals surface area contributed by atoms with Crippen molar-refractivity contribution in [2.75, 3.05) is 17.7 Å². The molecule has 0 fully saturated rings. The monoisotopic (exact) mass is 499 g/mol. The molecule has 0 saturated heterocycles. The fourth-order valence-corrected chi connectivity index (χ4v) is 4.78. The molecule has 2 aromatic carbocycles. The number of benzene rings is 2. The van der Waals surface area contributed by atoms with Gasteiger partial charge in [0.25, 0.3) is 0 Å². The average Bonchev–Trinajstić information content (AvgIpc) is 3.43. The zero-order valence-electron chi connectivity index (χ0n) is 19.9. The third-order valence-corrected chi connectivity index (χ3v) is 6.62. The van der Waals surface area contributed by atoms with Crippen molar-refractivity contribution in [3.63, 3.8) is 0 Å². The highest BCUT2D eigenvalue weighted by atomic mass is 32.2. The molecule has 1 aromatic heterocycles. The third kappa shape index (κ3) is 5.37. The van der Waals surface area contributed by atoms with E-state index in [0.717, 1.165) is 16.8 Å². The van der Waals surface area contributed by atoms with Gasteiger partial charge in [-0.3, -0.25) is 4.79 Å². The number of hydrogen-bond donors (Lipinski definition) is 2. The molecule has 4 rings (SSSR count). The maximum absolute atomic E-state index is 13.2. The number of thioether (sulfide) groups is 1. The van der Waals surface area contributed by atoms with Crippen LogP contribution in [0.3, 0.4) is 0 Å². The minimum absolute atomic E-state index is 0.0591. The smallest absolute Gasteiger partial charge is 0.337 e. The lowest BCUT2D eigenvalue weighted by Crippen LogP contribution is -2.29. The number of carbonyl (C=O) groups is 2. The SMILES string of the molecule is CCOC(=O)C1=C(c2ccccc2)NC(SCC(=O)Nc2ccccc2C)=C(C#N)[C@@H]1c1ccco1. The highest BCUT2D eigenvalue weighted by molar-refractivity contribution is 8.03. The van der Waals surface area contributed by atoms with Gasteiger partial charge in [0.1, 0.15) is 5.76 Å². The number of nitriles is 1. The summed E-state index contributed by atoms with van der Waals surface area (Å²) in [4.78, 5) is 25.9. The summed E-state index contributed by atoms with van der Waals surface area (Å²) in [6, 6.07) is 22.5. The van der Waals surface area contributed by atoms with Gasteiger partial charge in [-0.05, 0) is 43.2 Å². The molecular formula is C28H25N3O4S. The Hall–Kier alpha value is -4.22. The average molecular weight is 500 g/mol. The first-order valence-electron chi connectivity index (χ1n) is 11.4. The Kier molecular flexibility index (Phi) is 7.93. The molecule has 1 amide bonds. The molecule has 1 aliphatic heterocycles. The summed E-state index contributed by atoms with van der Waals surface area (Å²) < 4.78 is 11.1. The van der Waals surface area contributed by atoms with E-state index in [0.29, 0.717) is 16.5 Å². The van der Waals surface area contributed by atoms with E-state index < -0.39 is 11.9 Å². The van der Waals surface area contributed by atoms with Gasteiger partial charge < -0.3 is 19.8 Å². The quantitative estimate of drug-likeness (QED) is 0.402. The van der Waals surface area contributed by atoms with Gasteiger partial charge in [-0.15, -0.1) is 0 Å². The summed E-state index contributed by atoms with van der Waals surface area (Å²) in [7, 11) is 0. The van der Waals surface area contributed by atoms with Crippen molar-refractivity contribution in [2.24, 2.45) is 0 Å². The summed E-state index contributed by atoms with van der Waals surface area (Å²) in [5.41, 5.74) is 3.50. The number of allylic oxidation sites excluding steroid dienone is 1. The van der Waals surface area contributed by atoms with Crippen molar-refractivity contribution in [2.45, 2.75) is 19.8 Å². The molecule has 2 heterocycles. The summed E-state index contributed by atoms with van der Waals surface area (Å²) >= 11 is 1.20. The molecule has 0 bridgehead atoms. The number of anilines is 1. The van der Waals surface area contributed by atoms with Crippen LogP contribution in [0.1, 0.15) is 29.7 Å². The van der Waals surface area contributed by atoms with Crippen molar-refractivity contribution >= 4 is 35.0 Å². The minimum Gasteiger partial charge on any atom is -0.468 e. The zero-order chi connectivity index (χ0) is 25.5. The fourth-order valence-electron chi connectivity index (χ4n) is 3.94. The first-order chi connectivity index (χ1) is 17.5. The van der Waals surface area contributed by atoms with Crippen LogP contribution >= 0.6 is 11.8 Å². The van der Waals surface area contributed by atoms with Crippen LogP contribution < -0.4 is 10.6 Å². The normalized spacial score (nSPS) is 15.2. The van der Waals surface area contributed by atoms with Crippen molar-refractivity contribution in [1.82, 2.24) is 5.32 Å². The van der Waals surface area contributed by atoms with Crippen molar-refractivity contribution in [3.05, 3.63) is 106 Å². The fraction of sp³-hybridized carbons (Fsp3) is 0.179. The lowest BCUT2D eigenvalue weighted by Gasteiger charge is -2.29. The molecule has 0 unspecified atom stereocenters. The molecule has 36 heavy (non-hydrogen) atoms. The predicted octanol–water partition coefficient (Wildman–Crippen LogP) is 5.36. The first-order valence-corrected chi connectivity index (χ1v) is 12.4. The van der Waals surface area contributed by atoms with E-state index in [4.69, 9.17) is 9.15 Å². The van der Waals surface area contributed by atoms with Gasteiger partial charge in [-0.2, -0.15) is 5.26 Å². The van der Waals surface area contributed by atoms with Gasteiger partial charge >= 0.3 is 5.97 Å². The molecule has 0 saturated carbocycles. The number of nitrogens with one attached hydrogen (secondary N) is 2. The standard InChI is InChI=1S/C28H25N3O4S/c1-3-34-28(33)25-24(22-14-9-15-35-22)20(16-29)27(31-26(25)19-11-5-4-6-12-19)36-17-23(32)30-21-13-8-7-10-18(21)2/h4-15,24,31H,3,17H2,1-2H3,(H,30,32)/t24-/m1/s1. The van der Waals surface area contributed by atoms with E-state index in [-0.39, 0.29) is 29.4 Å². The van der Waals surface area contributed by atoms with Crippen LogP contribution in [-0.2, 0) is 14.3 Å². The number of furan rings is 1. The van der Waals surface area contributed by atoms with Crippen LogP contribution in [0.25, 0.3) is 5.70 Å². The predicted molar refractivity (Wildman–Crippen MR) is 139 cm³/mol. The number of amides is 1. The first kappa shape index (κ1) is 24.9. The molecule has 2 N–H and O–H groups in total. The molecule has 1 atom stereocenters. The largest absolute Gasteiger partial charge is 0.468 e. The van der Waals surface area contributed by atoms with Gasteiger partial charge in [0, 0.05) is 5.69 Å². The number of esters is 1. The topological polar surface area (TPSA) is 104 Å². The van der Waals surface area contributed by atoms with E-state index in [2.05, 4.69) is 16.7 Å². The molecule has 3 aromatic rings. The summed E-state index contributed by atoms with van der Waals surface area (Å²) in [6.45, 7) is 3.83. The van der Waals surface area contributed by atoms with Crippen LogP contribution in [0, 0.1) is 18.3 Å². The number of hydrogen-bond acceptors (Lipinski definition) is 7. The van der Waals surface area contributed by atoms with Crippen molar-refractivity contribution in [3.8, 4) is 6.07 Å². The van der Waals surface area contributed by atoms with Crippen molar-refractivity contribution < 1.29 is 18.7 Å². The Morgan fingerprint density at radius 2 is 1.86 bits per heavy atom. The molecule has 1 aliphatic rings. The number of carbonyl (C=O) groups excluding carboxylic acids is 2. The van der Waals surface area contributed by atoms with Crippen LogP contribution in [0.2, 0.25) is 0 Å². The Balaban J connectivity index is 1.72. The maximum Gasteiger partial charge on any atom is 0.337 e. The molecule has 0 spiro atoms. The van der Waals surface area contributed by atoms with E-state index in [9.17, 15) is 14.9 Å². The van der Waals surface area contributed by atoms with Gasteiger partial charge in [0.05, 0.1) is 52.5 Å². The zero-order valence-corrected chi connectivity index (χ0v) is 20.7. The lowest BCUT2D eigenvalue weighted by molar-refractivity contribution is -0.138. The van der Waals surface area contributed by atoms with E-state index in [1.165, 1.54) is 18.0 Å². The van der Waals surface area contributed by atoms with Crippen LogP contribution in [0.15, 0.2) is 93.6 Å². The number of rotatable bonds is 8. The number of nitrogens with zero attached hydrogens (tertiary/aromatic N) is 1. The van der Waals surface area contributed by atoms with E-state index in [1.54, 1.807) is 19.1 Å². The molecule has 0 radical (unpaired) electrons.